The van der Waals surface area contributed by atoms with Gasteiger partial charge in [-0.3, -0.25) is 4.79 Å². The van der Waals surface area contributed by atoms with E-state index in [1.165, 1.54) is 7.11 Å². The number of para-hydroxylation sites is 1. The van der Waals surface area contributed by atoms with E-state index in [1.807, 2.05) is 79.7 Å². The molecular formula is C32H31NO6. The highest BCUT2D eigenvalue weighted by Gasteiger charge is 2.45. The molecule has 3 unspecified atom stereocenters. The SMILES string of the molecule is COC(=O)C1=C(C)NC2=CC(c3ccc(OC)c(OC)c3)CC(=O)C2C1c1cccc(Oc2ccccc2)c1. The van der Waals surface area contributed by atoms with E-state index in [0.717, 1.165) is 16.8 Å². The van der Waals surface area contributed by atoms with Crippen molar-refractivity contribution in [1.29, 1.82) is 0 Å². The summed E-state index contributed by atoms with van der Waals surface area (Å²) in [4.78, 5) is 26.9. The number of carbonyl (C=O) groups excluding carboxylic acids is 2. The summed E-state index contributed by atoms with van der Waals surface area (Å²) in [6.45, 7) is 1.84. The van der Waals surface area contributed by atoms with Crippen molar-refractivity contribution in [2.75, 3.05) is 21.3 Å². The molecule has 2 aliphatic rings. The molecule has 0 saturated carbocycles. The van der Waals surface area contributed by atoms with Gasteiger partial charge in [-0.05, 0) is 54.4 Å². The first-order chi connectivity index (χ1) is 18.9. The topological polar surface area (TPSA) is 83.1 Å². The van der Waals surface area contributed by atoms with Gasteiger partial charge in [0, 0.05) is 29.7 Å². The van der Waals surface area contributed by atoms with Crippen molar-refractivity contribution in [3.8, 4) is 23.0 Å². The van der Waals surface area contributed by atoms with Crippen molar-refractivity contribution >= 4 is 11.8 Å². The molecule has 0 saturated heterocycles. The standard InChI is InChI=1S/C32H31NO6/c1-19-29(32(35)38-4)30(21-9-8-12-24(15-21)39-23-10-6-5-7-11-23)31-25(33-19)16-22(17-26(31)34)20-13-14-27(36-2)28(18-20)37-3/h5-16,18,22,30-31,33H,17H2,1-4H3. The molecule has 5 rings (SSSR count). The molecule has 1 heterocycles. The minimum Gasteiger partial charge on any atom is -0.493 e. The number of ether oxygens (including phenoxy) is 4. The lowest BCUT2D eigenvalue weighted by molar-refractivity contribution is -0.136. The molecule has 7 nitrogen and oxygen atoms in total. The molecule has 3 atom stereocenters. The third kappa shape index (κ3) is 5.12. The highest BCUT2D eigenvalue weighted by atomic mass is 16.5. The fourth-order valence-corrected chi connectivity index (χ4v) is 5.51. The van der Waals surface area contributed by atoms with Gasteiger partial charge in [0.1, 0.15) is 17.3 Å². The van der Waals surface area contributed by atoms with E-state index in [1.54, 1.807) is 14.2 Å². The zero-order chi connectivity index (χ0) is 27.5. The van der Waals surface area contributed by atoms with Crippen LogP contribution in [-0.2, 0) is 14.3 Å². The molecule has 3 aromatic rings. The first-order valence-electron chi connectivity index (χ1n) is 12.8. The molecule has 3 aromatic carbocycles. The number of esters is 1. The summed E-state index contributed by atoms with van der Waals surface area (Å²) in [7, 11) is 4.54. The summed E-state index contributed by atoms with van der Waals surface area (Å²) in [5.41, 5.74) is 3.62. The predicted molar refractivity (Wildman–Crippen MR) is 147 cm³/mol. The Kier molecular flexibility index (Phi) is 7.41. The predicted octanol–water partition coefficient (Wildman–Crippen LogP) is 5.89. The van der Waals surface area contributed by atoms with Crippen molar-refractivity contribution in [3.63, 3.8) is 0 Å². The number of ketones is 1. The van der Waals surface area contributed by atoms with Crippen LogP contribution >= 0.6 is 0 Å². The number of hydrogen-bond acceptors (Lipinski definition) is 7. The summed E-state index contributed by atoms with van der Waals surface area (Å²) in [5, 5.41) is 3.35. The lowest BCUT2D eigenvalue weighted by atomic mass is 9.68. The zero-order valence-corrected chi connectivity index (χ0v) is 22.4. The van der Waals surface area contributed by atoms with Gasteiger partial charge in [0.25, 0.3) is 0 Å². The lowest BCUT2D eigenvalue weighted by Crippen LogP contribution is -2.41. The third-order valence-electron chi connectivity index (χ3n) is 7.30. The van der Waals surface area contributed by atoms with Crippen LogP contribution in [0.2, 0.25) is 0 Å². The van der Waals surface area contributed by atoms with Crippen LogP contribution in [0.5, 0.6) is 23.0 Å². The van der Waals surface area contributed by atoms with Crippen molar-refractivity contribution in [3.05, 3.63) is 107 Å². The quantitative estimate of drug-likeness (QED) is 0.385. The number of fused-ring (bicyclic) bond motifs is 1. The number of carbonyl (C=O) groups is 2. The van der Waals surface area contributed by atoms with Gasteiger partial charge in [0.2, 0.25) is 0 Å². The highest BCUT2D eigenvalue weighted by Crippen LogP contribution is 2.47. The second-order valence-electron chi connectivity index (χ2n) is 9.61. The summed E-state index contributed by atoms with van der Waals surface area (Å²) in [6.07, 6.45) is 2.37. The van der Waals surface area contributed by atoms with Crippen LogP contribution < -0.4 is 19.5 Å². The minimum absolute atomic E-state index is 0.0352. The molecule has 1 aliphatic heterocycles. The van der Waals surface area contributed by atoms with E-state index in [9.17, 15) is 9.59 Å². The first kappa shape index (κ1) is 26.1. The number of benzene rings is 3. The molecule has 0 aromatic heterocycles. The molecule has 7 heteroatoms. The fourth-order valence-electron chi connectivity index (χ4n) is 5.51. The first-order valence-corrected chi connectivity index (χ1v) is 12.8. The van der Waals surface area contributed by atoms with E-state index in [-0.39, 0.29) is 18.1 Å². The highest BCUT2D eigenvalue weighted by molar-refractivity contribution is 5.96. The maximum Gasteiger partial charge on any atom is 0.336 e. The van der Waals surface area contributed by atoms with Crippen LogP contribution in [-0.4, -0.2) is 33.1 Å². The smallest absolute Gasteiger partial charge is 0.336 e. The van der Waals surface area contributed by atoms with Gasteiger partial charge in [-0.2, -0.15) is 0 Å². The molecule has 39 heavy (non-hydrogen) atoms. The van der Waals surface area contributed by atoms with Gasteiger partial charge < -0.3 is 24.3 Å². The lowest BCUT2D eigenvalue weighted by Gasteiger charge is -2.39. The second-order valence-corrected chi connectivity index (χ2v) is 9.61. The van der Waals surface area contributed by atoms with Crippen LogP contribution in [0.3, 0.4) is 0 Å². The summed E-state index contributed by atoms with van der Waals surface area (Å²) in [6, 6.07) is 22.7. The molecule has 0 amide bonds. The molecule has 0 bridgehead atoms. The normalized spacial score (nSPS) is 20.4. The molecule has 200 valence electrons. The number of allylic oxidation sites excluding steroid dienone is 3. The Morgan fingerprint density at radius 1 is 0.821 bits per heavy atom. The number of nitrogens with one attached hydrogen (secondary N) is 1. The van der Waals surface area contributed by atoms with Gasteiger partial charge in [0.15, 0.2) is 11.5 Å². The Morgan fingerprint density at radius 3 is 2.28 bits per heavy atom. The maximum absolute atomic E-state index is 13.9. The number of hydrogen-bond donors (Lipinski definition) is 1. The van der Waals surface area contributed by atoms with Crippen LogP contribution in [0.15, 0.2) is 95.8 Å². The Balaban J connectivity index is 1.56. The maximum atomic E-state index is 13.9. The number of rotatable bonds is 7. The minimum atomic E-state index is -0.564. The number of Topliss-reactive ketones (excluding diaryl/α,β-unsaturated/α-hetero) is 1. The van der Waals surface area contributed by atoms with Gasteiger partial charge in [0.05, 0.1) is 32.8 Å². The van der Waals surface area contributed by atoms with Gasteiger partial charge in [-0.1, -0.05) is 42.5 Å². The zero-order valence-electron chi connectivity index (χ0n) is 22.4. The molecule has 1 aliphatic carbocycles. The van der Waals surface area contributed by atoms with Crippen molar-refractivity contribution in [1.82, 2.24) is 5.32 Å². The fraction of sp³-hybridized carbons (Fsp3) is 0.250. The Hall–Kier alpha value is -4.52. The van der Waals surface area contributed by atoms with Gasteiger partial charge in [-0.25, -0.2) is 4.79 Å². The summed E-state index contributed by atoms with van der Waals surface area (Å²) < 4.78 is 22.1. The van der Waals surface area contributed by atoms with E-state index in [4.69, 9.17) is 18.9 Å². The molecule has 0 fully saturated rings. The van der Waals surface area contributed by atoms with Crippen molar-refractivity contribution < 1.29 is 28.5 Å². The average Bonchev–Trinajstić information content (AvgIpc) is 2.96. The van der Waals surface area contributed by atoms with E-state index in [2.05, 4.69) is 11.4 Å². The van der Waals surface area contributed by atoms with E-state index < -0.39 is 17.8 Å². The Morgan fingerprint density at radius 2 is 1.56 bits per heavy atom. The Labute approximate surface area is 228 Å². The average molecular weight is 526 g/mol. The number of methoxy groups -OCH3 is 3. The molecule has 0 radical (unpaired) electrons. The summed E-state index contributed by atoms with van der Waals surface area (Å²) in [5.74, 6) is 0.885. The van der Waals surface area contributed by atoms with E-state index >= 15 is 0 Å². The van der Waals surface area contributed by atoms with E-state index in [0.29, 0.717) is 34.3 Å². The summed E-state index contributed by atoms with van der Waals surface area (Å²) >= 11 is 0. The molecule has 1 N–H and O–H groups in total. The van der Waals surface area contributed by atoms with Crippen LogP contribution in [0.25, 0.3) is 0 Å². The van der Waals surface area contributed by atoms with Crippen molar-refractivity contribution in [2.45, 2.75) is 25.2 Å². The van der Waals surface area contributed by atoms with Crippen molar-refractivity contribution in [2.24, 2.45) is 5.92 Å². The van der Waals surface area contributed by atoms with Crippen LogP contribution in [0, 0.1) is 5.92 Å². The Bertz CT molecular complexity index is 1460. The largest absolute Gasteiger partial charge is 0.493 e. The van der Waals surface area contributed by atoms with Crippen LogP contribution in [0.1, 0.15) is 36.3 Å². The second kappa shape index (κ2) is 11.1. The monoisotopic (exact) mass is 525 g/mol. The molecular weight excluding hydrogens is 494 g/mol. The van der Waals surface area contributed by atoms with Gasteiger partial charge >= 0.3 is 5.97 Å². The van der Waals surface area contributed by atoms with Gasteiger partial charge in [-0.15, -0.1) is 0 Å². The molecule has 0 spiro atoms. The van der Waals surface area contributed by atoms with Crippen LogP contribution in [0.4, 0.5) is 0 Å². The third-order valence-corrected chi connectivity index (χ3v) is 7.30.